The monoisotopic (exact) mass is 381 g/mol. The van der Waals surface area contributed by atoms with Crippen molar-refractivity contribution in [1.29, 1.82) is 0 Å². The standard InChI is InChI=1S/C17H23N3O5S/c1-2-25-15(22)11-20-17(24)16(23)19-10-14(21)18-8-9-26-12-13-6-4-3-5-7-13/h3-7H,2,8-12H2,1H3,(H,18,21)(H,19,23)(H,20,24). The molecule has 0 saturated heterocycles. The van der Waals surface area contributed by atoms with Gasteiger partial charge in [-0.05, 0) is 12.5 Å². The molecule has 0 heterocycles. The quantitative estimate of drug-likeness (QED) is 0.295. The first-order valence-electron chi connectivity index (χ1n) is 8.13. The third-order valence-corrected chi connectivity index (χ3v) is 4.02. The molecule has 1 aromatic rings. The van der Waals surface area contributed by atoms with E-state index in [0.29, 0.717) is 6.54 Å². The summed E-state index contributed by atoms with van der Waals surface area (Å²) in [7, 11) is 0. The highest BCUT2D eigenvalue weighted by atomic mass is 32.2. The fourth-order valence-corrected chi connectivity index (χ4v) is 2.59. The van der Waals surface area contributed by atoms with Crippen LogP contribution in [0.5, 0.6) is 0 Å². The average Bonchev–Trinajstić information content (AvgIpc) is 2.65. The lowest BCUT2D eigenvalue weighted by atomic mass is 10.2. The Balaban J connectivity index is 2.08. The third kappa shape index (κ3) is 9.67. The normalized spacial score (nSPS) is 9.88. The molecule has 0 saturated carbocycles. The van der Waals surface area contributed by atoms with Crippen LogP contribution in [0.1, 0.15) is 12.5 Å². The maximum Gasteiger partial charge on any atom is 0.325 e. The highest BCUT2D eigenvalue weighted by molar-refractivity contribution is 7.98. The number of hydrogen-bond acceptors (Lipinski definition) is 6. The van der Waals surface area contributed by atoms with Gasteiger partial charge >= 0.3 is 17.8 Å². The molecule has 26 heavy (non-hydrogen) atoms. The van der Waals surface area contributed by atoms with Crippen molar-refractivity contribution in [3.05, 3.63) is 35.9 Å². The predicted molar refractivity (Wildman–Crippen MR) is 98.3 cm³/mol. The number of thioether (sulfide) groups is 1. The molecule has 0 aromatic heterocycles. The Labute approximate surface area is 156 Å². The van der Waals surface area contributed by atoms with E-state index in [2.05, 4.69) is 20.7 Å². The van der Waals surface area contributed by atoms with Crippen LogP contribution < -0.4 is 16.0 Å². The summed E-state index contributed by atoms with van der Waals surface area (Å²) in [5.41, 5.74) is 1.21. The summed E-state index contributed by atoms with van der Waals surface area (Å²) in [6.45, 7) is 1.57. The first-order chi connectivity index (χ1) is 12.5. The van der Waals surface area contributed by atoms with E-state index in [-0.39, 0.29) is 13.2 Å². The van der Waals surface area contributed by atoms with Gasteiger partial charge in [0, 0.05) is 18.1 Å². The molecule has 0 aliphatic rings. The van der Waals surface area contributed by atoms with Crippen LogP contribution in [0.15, 0.2) is 30.3 Å². The van der Waals surface area contributed by atoms with Gasteiger partial charge in [0.25, 0.3) is 0 Å². The number of hydrogen-bond donors (Lipinski definition) is 3. The molecule has 3 N–H and O–H groups in total. The van der Waals surface area contributed by atoms with Crippen LogP contribution in [-0.4, -0.2) is 55.7 Å². The SMILES string of the molecule is CCOC(=O)CNC(=O)C(=O)NCC(=O)NCCSCc1ccccc1. The molecule has 0 aliphatic heterocycles. The Morgan fingerprint density at radius 3 is 2.27 bits per heavy atom. The van der Waals surface area contributed by atoms with Gasteiger partial charge in [-0.3, -0.25) is 19.2 Å². The van der Waals surface area contributed by atoms with Gasteiger partial charge in [-0.2, -0.15) is 11.8 Å². The van der Waals surface area contributed by atoms with Crippen molar-refractivity contribution in [3.63, 3.8) is 0 Å². The van der Waals surface area contributed by atoms with Gasteiger partial charge < -0.3 is 20.7 Å². The fraction of sp³-hybridized carbons (Fsp3) is 0.412. The minimum atomic E-state index is -0.996. The zero-order valence-electron chi connectivity index (χ0n) is 14.6. The highest BCUT2D eigenvalue weighted by Gasteiger charge is 2.15. The molecule has 1 rings (SSSR count). The average molecular weight is 381 g/mol. The van der Waals surface area contributed by atoms with E-state index < -0.39 is 30.2 Å². The number of carbonyl (C=O) groups is 4. The number of benzene rings is 1. The van der Waals surface area contributed by atoms with Crippen LogP contribution in [0.4, 0.5) is 0 Å². The van der Waals surface area contributed by atoms with Crippen molar-refractivity contribution in [1.82, 2.24) is 16.0 Å². The summed E-state index contributed by atoms with van der Waals surface area (Å²) < 4.78 is 4.61. The van der Waals surface area contributed by atoms with Gasteiger partial charge in [-0.25, -0.2) is 0 Å². The van der Waals surface area contributed by atoms with Crippen molar-refractivity contribution in [3.8, 4) is 0 Å². The Hall–Kier alpha value is -2.55. The number of ether oxygens (including phenoxy) is 1. The number of rotatable bonds is 10. The molecule has 0 aliphatic carbocycles. The third-order valence-electron chi connectivity index (χ3n) is 2.99. The number of esters is 1. The van der Waals surface area contributed by atoms with E-state index in [9.17, 15) is 19.2 Å². The van der Waals surface area contributed by atoms with Gasteiger partial charge in [0.15, 0.2) is 0 Å². The molecule has 8 nitrogen and oxygen atoms in total. The summed E-state index contributed by atoms with van der Waals surface area (Å²) in [6.07, 6.45) is 0. The lowest BCUT2D eigenvalue weighted by Gasteiger charge is -2.07. The number of amides is 3. The maximum absolute atomic E-state index is 11.6. The molecule has 9 heteroatoms. The fourth-order valence-electron chi connectivity index (χ4n) is 1.77. The van der Waals surface area contributed by atoms with Crippen molar-refractivity contribution in [2.75, 3.05) is 32.0 Å². The van der Waals surface area contributed by atoms with Crippen molar-refractivity contribution in [2.45, 2.75) is 12.7 Å². The molecule has 0 radical (unpaired) electrons. The second-order valence-electron chi connectivity index (χ2n) is 5.06. The molecule has 0 atom stereocenters. The molecule has 0 bridgehead atoms. The Morgan fingerprint density at radius 1 is 0.962 bits per heavy atom. The van der Waals surface area contributed by atoms with E-state index in [1.165, 1.54) is 5.56 Å². The van der Waals surface area contributed by atoms with E-state index in [1.807, 2.05) is 30.3 Å². The minimum absolute atomic E-state index is 0.185. The van der Waals surface area contributed by atoms with E-state index in [1.54, 1.807) is 18.7 Å². The number of carbonyl (C=O) groups excluding carboxylic acids is 4. The molecule has 0 fully saturated rings. The molecular weight excluding hydrogens is 358 g/mol. The van der Waals surface area contributed by atoms with Crippen molar-refractivity contribution < 1.29 is 23.9 Å². The second kappa shape index (κ2) is 12.8. The van der Waals surface area contributed by atoms with Gasteiger partial charge in [0.1, 0.15) is 6.54 Å². The summed E-state index contributed by atoms with van der Waals surface area (Å²) in [5, 5.41) is 6.94. The predicted octanol–water partition coefficient (Wildman–Crippen LogP) is -0.168. The van der Waals surface area contributed by atoms with Gasteiger partial charge in [0.05, 0.1) is 13.2 Å². The topological polar surface area (TPSA) is 114 Å². The first kappa shape index (κ1) is 21.5. The summed E-state index contributed by atoms with van der Waals surface area (Å²) in [5.74, 6) is -1.42. The Kier molecular flexibility index (Phi) is 10.5. The summed E-state index contributed by atoms with van der Waals surface area (Å²) >= 11 is 1.68. The van der Waals surface area contributed by atoms with Gasteiger partial charge in [-0.15, -0.1) is 0 Å². The van der Waals surface area contributed by atoms with E-state index in [0.717, 1.165) is 11.5 Å². The van der Waals surface area contributed by atoms with Crippen molar-refractivity contribution >= 4 is 35.5 Å². The van der Waals surface area contributed by atoms with Gasteiger partial charge in [-0.1, -0.05) is 30.3 Å². The van der Waals surface area contributed by atoms with Crippen molar-refractivity contribution in [2.24, 2.45) is 0 Å². The van der Waals surface area contributed by atoms with Crippen LogP contribution in [0.25, 0.3) is 0 Å². The number of nitrogens with one attached hydrogen (secondary N) is 3. The van der Waals surface area contributed by atoms with Crippen LogP contribution >= 0.6 is 11.8 Å². The molecule has 0 unspecified atom stereocenters. The summed E-state index contributed by atoms with van der Waals surface area (Å²) in [6, 6.07) is 9.98. The van der Waals surface area contributed by atoms with E-state index in [4.69, 9.17) is 0 Å². The minimum Gasteiger partial charge on any atom is -0.465 e. The van der Waals surface area contributed by atoms with Gasteiger partial charge in [0.2, 0.25) is 5.91 Å². The van der Waals surface area contributed by atoms with Crippen LogP contribution in [0, 0.1) is 0 Å². The second-order valence-corrected chi connectivity index (χ2v) is 6.16. The van der Waals surface area contributed by atoms with Crippen LogP contribution in [-0.2, 0) is 29.7 Å². The van der Waals surface area contributed by atoms with Crippen LogP contribution in [0.2, 0.25) is 0 Å². The molecular formula is C17H23N3O5S. The Morgan fingerprint density at radius 2 is 1.62 bits per heavy atom. The lowest BCUT2D eigenvalue weighted by molar-refractivity contribution is -0.145. The molecule has 142 valence electrons. The zero-order chi connectivity index (χ0) is 19.2. The first-order valence-corrected chi connectivity index (χ1v) is 9.28. The lowest BCUT2D eigenvalue weighted by Crippen LogP contribution is -2.45. The smallest absolute Gasteiger partial charge is 0.325 e. The Bertz CT molecular complexity index is 610. The van der Waals surface area contributed by atoms with Crippen LogP contribution in [0.3, 0.4) is 0 Å². The molecule has 3 amide bonds. The molecule has 1 aromatic carbocycles. The highest BCUT2D eigenvalue weighted by Crippen LogP contribution is 2.10. The van der Waals surface area contributed by atoms with E-state index >= 15 is 0 Å². The maximum atomic E-state index is 11.6. The molecule has 0 spiro atoms. The summed E-state index contributed by atoms with van der Waals surface area (Å²) in [4.78, 5) is 45.6. The zero-order valence-corrected chi connectivity index (χ0v) is 15.4. The largest absolute Gasteiger partial charge is 0.465 e.